The van der Waals surface area contributed by atoms with Crippen LogP contribution in [0.4, 0.5) is 5.95 Å². The van der Waals surface area contributed by atoms with E-state index >= 15 is 0 Å². The van der Waals surface area contributed by atoms with Crippen molar-refractivity contribution in [3.63, 3.8) is 0 Å². The van der Waals surface area contributed by atoms with Gasteiger partial charge in [-0.3, -0.25) is 5.43 Å². The van der Waals surface area contributed by atoms with Crippen molar-refractivity contribution in [2.45, 2.75) is 10.9 Å². The number of anilines is 1. The number of nitrogens with one attached hydrogen (secondary N) is 1. The molecule has 0 amide bonds. The van der Waals surface area contributed by atoms with Gasteiger partial charge in [-0.2, -0.15) is 24.7 Å². The Labute approximate surface area is 124 Å². The molecule has 0 aliphatic heterocycles. The van der Waals surface area contributed by atoms with Gasteiger partial charge in [-0.1, -0.05) is 42.1 Å². The van der Waals surface area contributed by atoms with Crippen LogP contribution in [0.15, 0.2) is 48.1 Å². The first-order valence-electron chi connectivity index (χ1n) is 6.09. The lowest BCUT2D eigenvalue weighted by molar-refractivity contribution is 0.759. The number of benzene rings is 1. The standard InChI is InChI=1S/C12H12N8S/c13-19-10-16-11(20-8-14-7-15-20)18-12(17-10)21-6-9-4-2-1-3-5-9/h1-5,7-8H,6,13H2,(H,16,17,18,19). The van der Waals surface area contributed by atoms with E-state index in [4.69, 9.17) is 5.84 Å². The maximum atomic E-state index is 5.39. The summed E-state index contributed by atoms with van der Waals surface area (Å²) in [5.41, 5.74) is 3.62. The van der Waals surface area contributed by atoms with Crippen molar-refractivity contribution in [2.75, 3.05) is 5.43 Å². The maximum absolute atomic E-state index is 5.39. The van der Waals surface area contributed by atoms with E-state index in [1.807, 2.05) is 18.2 Å². The molecule has 3 N–H and O–H groups in total. The third kappa shape index (κ3) is 3.33. The molecule has 0 bridgehead atoms. The molecule has 0 radical (unpaired) electrons. The largest absolute Gasteiger partial charge is 0.292 e. The van der Waals surface area contributed by atoms with Gasteiger partial charge in [0.2, 0.25) is 5.95 Å². The third-order valence-corrected chi connectivity index (χ3v) is 3.49. The Morgan fingerprint density at radius 1 is 1.14 bits per heavy atom. The van der Waals surface area contributed by atoms with Crippen LogP contribution in [0.1, 0.15) is 5.56 Å². The molecular formula is C12H12N8S. The Morgan fingerprint density at radius 2 is 2.00 bits per heavy atom. The molecule has 0 saturated carbocycles. The summed E-state index contributed by atoms with van der Waals surface area (Å²) in [5.74, 6) is 6.80. The molecule has 0 spiro atoms. The summed E-state index contributed by atoms with van der Waals surface area (Å²) in [6.45, 7) is 0. The van der Waals surface area contributed by atoms with Crippen LogP contribution >= 0.6 is 11.8 Å². The summed E-state index contributed by atoms with van der Waals surface area (Å²) in [7, 11) is 0. The van der Waals surface area contributed by atoms with Crippen LogP contribution in [-0.4, -0.2) is 29.7 Å². The van der Waals surface area contributed by atoms with Crippen molar-refractivity contribution in [2.24, 2.45) is 5.84 Å². The lowest BCUT2D eigenvalue weighted by atomic mass is 10.2. The molecule has 0 unspecified atom stereocenters. The first-order chi connectivity index (χ1) is 10.3. The SMILES string of the molecule is NNc1nc(SCc2ccccc2)nc(-n2cncn2)n1. The molecule has 3 rings (SSSR count). The van der Waals surface area contributed by atoms with Gasteiger partial charge in [-0.15, -0.1) is 0 Å². The second-order valence-electron chi connectivity index (χ2n) is 4.00. The van der Waals surface area contributed by atoms with E-state index in [2.05, 4.69) is 42.6 Å². The highest BCUT2D eigenvalue weighted by molar-refractivity contribution is 7.98. The number of aromatic nitrogens is 6. The van der Waals surface area contributed by atoms with Crippen LogP contribution in [-0.2, 0) is 5.75 Å². The van der Waals surface area contributed by atoms with E-state index < -0.39 is 0 Å². The molecule has 9 heteroatoms. The smallest absolute Gasteiger partial charge is 0.257 e. The second kappa shape index (κ2) is 6.29. The average molecular weight is 300 g/mol. The van der Waals surface area contributed by atoms with Crippen molar-refractivity contribution < 1.29 is 0 Å². The molecule has 106 valence electrons. The van der Waals surface area contributed by atoms with Crippen LogP contribution in [0, 0.1) is 0 Å². The molecule has 2 aromatic heterocycles. The van der Waals surface area contributed by atoms with Crippen molar-refractivity contribution in [3.05, 3.63) is 48.5 Å². The number of rotatable bonds is 5. The minimum absolute atomic E-state index is 0.283. The summed E-state index contributed by atoms with van der Waals surface area (Å²) < 4.78 is 1.45. The Kier molecular flexibility index (Phi) is 4.03. The highest BCUT2D eigenvalue weighted by atomic mass is 32.2. The summed E-state index contributed by atoms with van der Waals surface area (Å²) in [6, 6.07) is 10.1. The number of nitrogens with zero attached hydrogens (tertiary/aromatic N) is 6. The van der Waals surface area contributed by atoms with Crippen molar-refractivity contribution in [1.82, 2.24) is 29.7 Å². The van der Waals surface area contributed by atoms with Crippen LogP contribution in [0.5, 0.6) is 0 Å². The van der Waals surface area contributed by atoms with Gasteiger partial charge < -0.3 is 0 Å². The number of hydrogen-bond acceptors (Lipinski definition) is 8. The van der Waals surface area contributed by atoms with Gasteiger partial charge in [0.05, 0.1) is 0 Å². The van der Waals surface area contributed by atoms with E-state index in [1.54, 1.807) is 0 Å². The fourth-order valence-corrected chi connectivity index (χ4v) is 2.40. The molecule has 21 heavy (non-hydrogen) atoms. The molecular weight excluding hydrogens is 288 g/mol. The quantitative estimate of drug-likeness (QED) is 0.409. The van der Waals surface area contributed by atoms with Gasteiger partial charge in [0.15, 0.2) is 5.16 Å². The fourth-order valence-electron chi connectivity index (χ4n) is 1.61. The van der Waals surface area contributed by atoms with Gasteiger partial charge in [0.1, 0.15) is 12.7 Å². The van der Waals surface area contributed by atoms with Crippen molar-refractivity contribution in [3.8, 4) is 5.95 Å². The monoisotopic (exact) mass is 300 g/mol. The Hall–Kier alpha value is -2.52. The minimum Gasteiger partial charge on any atom is -0.292 e. The van der Waals surface area contributed by atoms with Gasteiger partial charge in [-0.25, -0.2) is 10.8 Å². The van der Waals surface area contributed by atoms with E-state index in [0.29, 0.717) is 11.1 Å². The highest BCUT2D eigenvalue weighted by Crippen LogP contribution is 2.20. The fraction of sp³-hybridized carbons (Fsp3) is 0.0833. The van der Waals surface area contributed by atoms with E-state index in [9.17, 15) is 0 Å². The molecule has 0 atom stereocenters. The molecule has 0 aliphatic rings. The number of hydrogen-bond donors (Lipinski definition) is 2. The predicted molar refractivity (Wildman–Crippen MR) is 78.6 cm³/mol. The van der Waals surface area contributed by atoms with Gasteiger partial charge >= 0.3 is 0 Å². The summed E-state index contributed by atoms with van der Waals surface area (Å²) in [5, 5.41) is 4.56. The van der Waals surface area contributed by atoms with E-state index in [1.165, 1.54) is 34.7 Å². The lowest BCUT2D eigenvalue weighted by Crippen LogP contribution is -2.14. The summed E-state index contributed by atoms with van der Waals surface area (Å²) >= 11 is 1.50. The summed E-state index contributed by atoms with van der Waals surface area (Å²) in [4.78, 5) is 16.6. The average Bonchev–Trinajstić information content (AvgIpc) is 3.08. The molecule has 0 saturated heterocycles. The molecule has 0 fully saturated rings. The zero-order valence-corrected chi connectivity index (χ0v) is 11.7. The number of nitrogens with two attached hydrogens (primary N) is 1. The Balaban J connectivity index is 1.83. The predicted octanol–water partition coefficient (Wildman–Crippen LogP) is 1.03. The van der Waals surface area contributed by atoms with Crippen LogP contribution < -0.4 is 11.3 Å². The summed E-state index contributed by atoms with van der Waals surface area (Å²) in [6.07, 6.45) is 2.93. The van der Waals surface area contributed by atoms with E-state index in [-0.39, 0.29) is 5.95 Å². The van der Waals surface area contributed by atoms with E-state index in [0.717, 1.165) is 5.75 Å². The molecule has 2 heterocycles. The van der Waals surface area contributed by atoms with Crippen molar-refractivity contribution in [1.29, 1.82) is 0 Å². The van der Waals surface area contributed by atoms with Crippen molar-refractivity contribution >= 4 is 17.7 Å². The topological polar surface area (TPSA) is 107 Å². The zero-order chi connectivity index (χ0) is 14.5. The van der Waals surface area contributed by atoms with Crippen LogP contribution in [0.2, 0.25) is 0 Å². The van der Waals surface area contributed by atoms with Gasteiger partial charge in [-0.05, 0) is 5.56 Å². The normalized spacial score (nSPS) is 10.5. The number of hydrazine groups is 1. The molecule has 0 aliphatic carbocycles. The van der Waals surface area contributed by atoms with Gasteiger partial charge in [0.25, 0.3) is 5.95 Å². The first kappa shape index (κ1) is 13.5. The second-order valence-corrected chi connectivity index (χ2v) is 4.94. The Bertz CT molecular complexity index is 701. The molecule has 3 aromatic rings. The lowest BCUT2D eigenvalue weighted by Gasteiger charge is -2.05. The first-order valence-corrected chi connectivity index (χ1v) is 7.08. The van der Waals surface area contributed by atoms with Crippen LogP contribution in [0.3, 0.4) is 0 Å². The zero-order valence-electron chi connectivity index (χ0n) is 10.9. The number of nitrogen functional groups attached to an aromatic ring is 1. The third-order valence-electron chi connectivity index (χ3n) is 2.57. The molecule has 1 aromatic carbocycles. The number of thioether (sulfide) groups is 1. The van der Waals surface area contributed by atoms with Crippen LogP contribution in [0.25, 0.3) is 5.95 Å². The highest BCUT2D eigenvalue weighted by Gasteiger charge is 2.09. The Morgan fingerprint density at radius 3 is 2.71 bits per heavy atom. The minimum atomic E-state index is 0.283. The van der Waals surface area contributed by atoms with Gasteiger partial charge in [0, 0.05) is 5.75 Å². The maximum Gasteiger partial charge on any atom is 0.257 e. The molecule has 8 nitrogen and oxygen atoms in total.